The normalized spacial score (nSPS) is 49.2. The first-order valence-electron chi connectivity index (χ1n) is 11.5. The molecular weight excluding hydrogens is 369 g/mol. The van der Waals surface area contributed by atoms with Crippen LogP contribution in [0.5, 0.6) is 0 Å². The fraction of sp³-hybridized carbons (Fsp3) is 0.870. The number of rotatable bonds is 3. The van der Waals surface area contributed by atoms with E-state index in [9.17, 15) is 9.90 Å². The molecule has 1 aromatic rings. The van der Waals surface area contributed by atoms with Crippen molar-refractivity contribution < 1.29 is 14.3 Å². The Morgan fingerprint density at radius 3 is 2.72 bits per heavy atom. The molecule has 160 valence electrons. The van der Waals surface area contributed by atoms with Gasteiger partial charge in [0.2, 0.25) is 0 Å². The SMILES string of the molecule is C[C@@]1(O)CC[C@@]2(F)[C@H](CC[C@H]3[C@@H]4CC[C@H](C(=O)Cn5ccnn5)[C@@]4(C)CC[C@@H]32)C1. The van der Waals surface area contributed by atoms with E-state index >= 15 is 4.39 Å². The molecule has 5 rings (SSSR count). The van der Waals surface area contributed by atoms with Crippen LogP contribution in [-0.4, -0.2) is 37.2 Å². The number of halogens is 1. The highest BCUT2D eigenvalue weighted by Crippen LogP contribution is 2.66. The zero-order valence-electron chi connectivity index (χ0n) is 17.7. The van der Waals surface area contributed by atoms with Crippen LogP contribution in [0.2, 0.25) is 0 Å². The topological polar surface area (TPSA) is 68.0 Å². The van der Waals surface area contributed by atoms with Crippen molar-refractivity contribution >= 4 is 5.78 Å². The zero-order chi connectivity index (χ0) is 20.4. The second-order valence-electron chi connectivity index (χ2n) is 11.0. The molecule has 1 heterocycles. The van der Waals surface area contributed by atoms with Crippen molar-refractivity contribution in [2.45, 2.75) is 89.4 Å². The van der Waals surface area contributed by atoms with Crippen LogP contribution in [0, 0.1) is 35.0 Å². The third-order valence-corrected chi connectivity index (χ3v) is 9.49. The van der Waals surface area contributed by atoms with Crippen LogP contribution in [0.4, 0.5) is 4.39 Å². The van der Waals surface area contributed by atoms with Gasteiger partial charge < -0.3 is 5.11 Å². The highest BCUT2D eigenvalue weighted by molar-refractivity contribution is 5.82. The van der Waals surface area contributed by atoms with E-state index in [2.05, 4.69) is 17.2 Å². The number of hydrogen-bond acceptors (Lipinski definition) is 4. The van der Waals surface area contributed by atoms with Gasteiger partial charge in [-0.3, -0.25) is 4.79 Å². The Hall–Kier alpha value is -1.30. The molecular formula is C23H34FN3O2. The first kappa shape index (κ1) is 19.7. The van der Waals surface area contributed by atoms with Gasteiger partial charge in [-0.1, -0.05) is 12.1 Å². The second kappa shape index (κ2) is 6.60. The van der Waals surface area contributed by atoms with E-state index < -0.39 is 11.3 Å². The standard InChI is InChI=1S/C23H34FN3O2/c1-21(29)9-10-23(24)15(13-21)3-4-16-17-5-6-19(22(17,2)8-7-18(16)23)20(28)14-27-12-11-25-26-27/h11-12,15-19,29H,3-10,13-14H2,1-2H3/t15-,16+,17+,18+,19-,21-,22+,23-/m1/s1. The first-order valence-corrected chi connectivity index (χ1v) is 11.5. The number of fused-ring (bicyclic) bond motifs is 5. The van der Waals surface area contributed by atoms with Gasteiger partial charge in [0.05, 0.1) is 11.8 Å². The van der Waals surface area contributed by atoms with Gasteiger partial charge >= 0.3 is 0 Å². The molecule has 4 saturated carbocycles. The number of hydrogen-bond donors (Lipinski definition) is 1. The van der Waals surface area contributed by atoms with Gasteiger partial charge in [-0.15, -0.1) is 5.10 Å². The van der Waals surface area contributed by atoms with Gasteiger partial charge in [0.1, 0.15) is 12.2 Å². The van der Waals surface area contributed by atoms with E-state index in [1.165, 1.54) is 0 Å². The minimum Gasteiger partial charge on any atom is -0.390 e. The summed E-state index contributed by atoms with van der Waals surface area (Å²) in [6, 6.07) is 0. The summed E-state index contributed by atoms with van der Waals surface area (Å²) in [5.74, 6) is 1.26. The fourth-order valence-electron chi connectivity index (χ4n) is 8.09. The number of aromatic nitrogens is 3. The predicted molar refractivity (Wildman–Crippen MR) is 107 cm³/mol. The lowest BCUT2D eigenvalue weighted by Crippen LogP contribution is -2.58. The summed E-state index contributed by atoms with van der Waals surface area (Å²) in [6.07, 6.45) is 10.8. The van der Waals surface area contributed by atoms with Crippen molar-refractivity contribution in [1.82, 2.24) is 15.0 Å². The van der Waals surface area contributed by atoms with E-state index in [1.807, 2.05) is 6.92 Å². The van der Waals surface area contributed by atoms with Gasteiger partial charge in [-0.2, -0.15) is 0 Å². The van der Waals surface area contributed by atoms with E-state index in [-0.39, 0.29) is 29.0 Å². The van der Waals surface area contributed by atoms with Crippen LogP contribution >= 0.6 is 0 Å². The third kappa shape index (κ3) is 3.00. The molecule has 4 fully saturated rings. The molecule has 0 aliphatic heterocycles. The second-order valence-corrected chi connectivity index (χ2v) is 11.0. The number of aliphatic hydroxyl groups is 1. The van der Waals surface area contributed by atoms with Crippen molar-refractivity contribution in [1.29, 1.82) is 0 Å². The zero-order valence-corrected chi connectivity index (χ0v) is 17.7. The highest BCUT2D eigenvalue weighted by atomic mass is 19.1. The van der Waals surface area contributed by atoms with Crippen LogP contribution in [0.15, 0.2) is 12.4 Å². The maximum absolute atomic E-state index is 16.4. The van der Waals surface area contributed by atoms with Crippen molar-refractivity contribution in [3.63, 3.8) is 0 Å². The van der Waals surface area contributed by atoms with Crippen molar-refractivity contribution in [3.05, 3.63) is 12.4 Å². The largest absolute Gasteiger partial charge is 0.390 e. The molecule has 0 unspecified atom stereocenters. The fourth-order valence-corrected chi connectivity index (χ4v) is 8.09. The molecule has 6 heteroatoms. The molecule has 5 nitrogen and oxygen atoms in total. The van der Waals surface area contributed by atoms with Gasteiger partial charge in [0, 0.05) is 12.1 Å². The van der Waals surface area contributed by atoms with Crippen molar-refractivity contribution in [3.8, 4) is 0 Å². The van der Waals surface area contributed by atoms with Gasteiger partial charge in [-0.25, -0.2) is 9.07 Å². The minimum atomic E-state index is -1.12. The maximum Gasteiger partial charge on any atom is 0.157 e. The Kier molecular flexibility index (Phi) is 4.47. The van der Waals surface area contributed by atoms with Crippen LogP contribution < -0.4 is 0 Å². The number of ketones is 1. The molecule has 0 amide bonds. The highest BCUT2D eigenvalue weighted by Gasteiger charge is 2.63. The summed E-state index contributed by atoms with van der Waals surface area (Å²) in [7, 11) is 0. The summed E-state index contributed by atoms with van der Waals surface area (Å²) in [6.45, 7) is 4.47. The summed E-state index contributed by atoms with van der Waals surface area (Å²) in [5, 5.41) is 18.3. The lowest BCUT2D eigenvalue weighted by molar-refractivity contribution is -0.166. The molecule has 0 radical (unpaired) electrons. The number of Topliss-reactive ketones (excluding diaryl/α,β-unsaturated/α-hetero) is 1. The number of carbonyl (C=O) groups is 1. The Morgan fingerprint density at radius 1 is 1.14 bits per heavy atom. The third-order valence-electron chi connectivity index (χ3n) is 9.49. The van der Waals surface area contributed by atoms with Gasteiger partial charge in [-0.05, 0) is 93.8 Å². The smallest absolute Gasteiger partial charge is 0.157 e. The molecule has 0 aromatic carbocycles. The number of alkyl halides is 1. The molecule has 0 spiro atoms. The predicted octanol–water partition coefficient (Wildman–Crippen LogP) is 3.96. The Balaban J connectivity index is 1.36. The molecule has 0 bridgehead atoms. The van der Waals surface area contributed by atoms with Gasteiger partial charge in [0.15, 0.2) is 5.78 Å². The van der Waals surface area contributed by atoms with Crippen molar-refractivity contribution in [2.75, 3.05) is 0 Å². The molecule has 8 atom stereocenters. The maximum atomic E-state index is 16.4. The van der Waals surface area contributed by atoms with Crippen molar-refractivity contribution in [2.24, 2.45) is 35.0 Å². The Labute approximate surface area is 172 Å². The number of nitrogens with zero attached hydrogens (tertiary/aromatic N) is 3. The quantitative estimate of drug-likeness (QED) is 0.829. The van der Waals surface area contributed by atoms with Crippen LogP contribution in [0.1, 0.15) is 71.6 Å². The molecule has 4 aliphatic rings. The average Bonchev–Trinajstić information content (AvgIpc) is 3.29. The average molecular weight is 404 g/mol. The minimum absolute atomic E-state index is 0.00278. The molecule has 1 aromatic heterocycles. The monoisotopic (exact) mass is 403 g/mol. The van der Waals surface area contributed by atoms with E-state index in [0.717, 1.165) is 38.5 Å². The Bertz CT molecular complexity index is 781. The number of carbonyl (C=O) groups excluding carboxylic acids is 1. The Morgan fingerprint density at radius 2 is 1.97 bits per heavy atom. The van der Waals surface area contributed by atoms with Crippen LogP contribution in [0.3, 0.4) is 0 Å². The molecule has 4 aliphatic carbocycles. The van der Waals surface area contributed by atoms with Crippen LogP contribution in [-0.2, 0) is 11.3 Å². The van der Waals surface area contributed by atoms with Crippen LogP contribution in [0.25, 0.3) is 0 Å². The summed E-state index contributed by atoms with van der Waals surface area (Å²) < 4.78 is 18.0. The molecule has 1 N–H and O–H groups in total. The van der Waals surface area contributed by atoms with Gasteiger partial charge in [0.25, 0.3) is 0 Å². The molecule has 0 saturated heterocycles. The lowest BCUT2D eigenvalue weighted by atomic mass is 9.48. The summed E-state index contributed by atoms with van der Waals surface area (Å²) in [5.41, 5.74) is -1.83. The first-order chi connectivity index (χ1) is 13.7. The molecule has 29 heavy (non-hydrogen) atoms. The van der Waals surface area contributed by atoms with E-state index in [1.54, 1.807) is 17.1 Å². The lowest BCUT2D eigenvalue weighted by Gasteiger charge is -2.59. The summed E-state index contributed by atoms with van der Waals surface area (Å²) >= 11 is 0. The van der Waals surface area contributed by atoms with E-state index in [0.29, 0.717) is 37.6 Å². The van der Waals surface area contributed by atoms with E-state index in [4.69, 9.17) is 0 Å². The summed E-state index contributed by atoms with van der Waals surface area (Å²) in [4.78, 5) is 13.1.